The molecular weight excluding hydrogens is 489 g/mol. The average molecular weight is 515 g/mol. The van der Waals surface area contributed by atoms with E-state index < -0.39 is 18.1 Å². The molecule has 3 aliphatic heterocycles. The first-order valence-corrected chi connectivity index (χ1v) is 12.3. The van der Waals surface area contributed by atoms with Crippen molar-refractivity contribution in [2.45, 2.75) is 57.6 Å². The van der Waals surface area contributed by atoms with Gasteiger partial charge in [-0.05, 0) is 39.2 Å². The minimum atomic E-state index is -3.00. The minimum Gasteiger partial charge on any atom is -0.363 e. The Bertz CT molecular complexity index is 1120. The Morgan fingerprint density at radius 2 is 2.03 bits per heavy atom. The lowest BCUT2D eigenvalue weighted by Gasteiger charge is -2.45. The van der Waals surface area contributed by atoms with Gasteiger partial charge in [-0.2, -0.15) is 13.9 Å². The molecule has 0 saturated carbocycles. The maximum absolute atomic E-state index is 14.3. The molecular formula is C23H26ClF3N4O2S. The van der Waals surface area contributed by atoms with Crippen LogP contribution in [-0.4, -0.2) is 46.9 Å². The number of aliphatic imine (C=N–C) groups is 1. The van der Waals surface area contributed by atoms with E-state index in [1.807, 2.05) is 13.1 Å². The summed E-state index contributed by atoms with van der Waals surface area (Å²) in [6.07, 6.45) is 6.45. The van der Waals surface area contributed by atoms with Crippen LogP contribution in [0, 0.1) is 6.92 Å². The summed E-state index contributed by atoms with van der Waals surface area (Å²) >= 11 is 7.28. The normalized spacial score (nSPS) is 21.2. The molecule has 0 aliphatic carbocycles. The number of rotatable bonds is 3. The van der Waals surface area contributed by atoms with E-state index in [0.717, 1.165) is 17.5 Å². The molecule has 5 heterocycles. The number of piperidine rings is 1. The molecule has 6 nitrogen and oxygen atoms in total. The summed E-state index contributed by atoms with van der Waals surface area (Å²) in [4.78, 5) is 15.8. The lowest BCUT2D eigenvalue weighted by molar-refractivity contribution is -0.182. The predicted molar refractivity (Wildman–Crippen MR) is 126 cm³/mol. The lowest BCUT2D eigenvalue weighted by Crippen LogP contribution is -2.48. The Morgan fingerprint density at radius 3 is 2.71 bits per heavy atom. The van der Waals surface area contributed by atoms with Crippen LogP contribution >= 0.6 is 22.9 Å². The summed E-state index contributed by atoms with van der Waals surface area (Å²) in [7, 11) is 0. The second-order valence-electron chi connectivity index (χ2n) is 8.56. The molecule has 11 heteroatoms. The molecule has 34 heavy (non-hydrogen) atoms. The second kappa shape index (κ2) is 9.93. The third-order valence-corrected chi connectivity index (χ3v) is 7.71. The maximum atomic E-state index is 14.3. The Hall–Kier alpha value is -2.01. The third kappa shape index (κ3) is 4.86. The number of ether oxygens (including phenoxy) is 1. The Labute approximate surface area is 205 Å². The van der Waals surface area contributed by atoms with Gasteiger partial charge in [-0.25, -0.2) is 14.1 Å². The van der Waals surface area contributed by atoms with Crippen molar-refractivity contribution < 1.29 is 22.7 Å². The van der Waals surface area contributed by atoms with E-state index in [1.54, 1.807) is 6.21 Å². The molecule has 2 aromatic heterocycles. The molecule has 1 fully saturated rings. The third-order valence-electron chi connectivity index (χ3n) is 6.26. The van der Waals surface area contributed by atoms with Crippen LogP contribution in [-0.2, 0) is 27.6 Å². The van der Waals surface area contributed by atoms with Gasteiger partial charge in [0.1, 0.15) is 24.3 Å². The highest BCUT2D eigenvalue weighted by Crippen LogP contribution is 2.52. The molecule has 1 saturated heterocycles. The fourth-order valence-corrected chi connectivity index (χ4v) is 5.97. The van der Waals surface area contributed by atoms with Gasteiger partial charge in [0, 0.05) is 54.5 Å². The summed E-state index contributed by atoms with van der Waals surface area (Å²) in [5.74, 6) is -3.01. The minimum absolute atomic E-state index is 0.0164. The number of allylic oxidation sites excluding steroid dienone is 1. The molecule has 1 spiro atoms. The highest BCUT2D eigenvalue weighted by molar-refractivity contribution is 7.16. The quantitative estimate of drug-likeness (QED) is 0.494. The zero-order valence-corrected chi connectivity index (χ0v) is 20.6. The van der Waals surface area contributed by atoms with Crippen molar-refractivity contribution in [1.29, 1.82) is 0 Å². The van der Waals surface area contributed by atoms with Gasteiger partial charge in [0.2, 0.25) is 0 Å². The molecule has 184 valence electrons. The fourth-order valence-electron chi connectivity index (χ4n) is 4.49. The number of fused-ring (bicyclic) bond motifs is 2. The monoisotopic (exact) mass is 514 g/mol. The number of hydrogen-bond donors (Lipinski definition) is 0. The molecule has 0 aromatic carbocycles. The van der Waals surface area contributed by atoms with Crippen molar-refractivity contribution in [3.05, 3.63) is 44.1 Å². The summed E-state index contributed by atoms with van der Waals surface area (Å²) in [6, 6.07) is 1.39. The van der Waals surface area contributed by atoms with Gasteiger partial charge in [-0.3, -0.25) is 4.90 Å². The first-order chi connectivity index (χ1) is 16.2. The van der Waals surface area contributed by atoms with Gasteiger partial charge >= 0.3 is 0 Å². The molecule has 0 amide bonds. The zero-order chi connectivity index (χ0) is 24.5. The molecule has 3 aliphatic rings. The zero-order valence-electron chi connectivity index (χ0n) is 19.0. The number of likely N-dealkylation sites (tertiary alicyclic amines) is 1. The van der Waals surface area contributed by atoms with Crippen molar-refractivity contribution in [2.75, 3.05) is 19.7 Å². The van der Waals surface area contributed by atoms with Crippen LogP contribution in [0.25, 0.3) is 5.82 Å². The number of carbonyl (C=O) groups excluding carboxylic acids is 1. The standard InChI is InChI=1S/C21H22ClF3N4OS.C2H4O/c1-13-14(11-29(27-13)19-16(23)3-2-6-26-19)10-28-7-4-20(5-8-28)18-15(9-17(22)31-18)21(24,25)12-30-20;1-2-3/h6,9,11H,2-5,7-8,10,12H2,1H3;2H,1H3. The van der Waals surface area contributed by atoms with E-state index in [2.05, 4.69) is 15.0 Å². The lowest BCUT2D eigenvalue weighted by atomic mass is 9.84. The molecule has 2 aromatic rings. The van der Waals surface area contributed by atoms with Gasteiger partial charge in [-0.15, -0.1) is 11.3 Å². The van der Waals surface area contributed by atoms with E-state index in [-0.39, 0.29) is 17.2 Å². The number of aromatic nitrogens is 2. The van der Waals surface area contributed by atoms with Crippen LogP contribution in [0.4, 0.5) is 13.2 Å². The van der Waals surface area contributed by atoms with E-state index in [0.29, 0.717) is 54.5 Å². The number of nitrogens with zero attached hydrogens (tertiary/aromatic N) is 4. The van der Waals surface area contributed by atoms with E-state index >= 15 is 0 Å². The van der Waals surface area contributed by atoms with Gasteiger partial charge < -0.3 is 9.53 Å². The van der Waals surface area contributed by atoms with Crippen molar-refractivity contribution in [2.24, 2.45) is 4.99 Å². The van der Waals surface area contributed by atoms with Gasteiger partial charge in [0.25, 0.3) is 5.92 Å². The van der Waals surface area contributed by atoms with Crippen molar-refractivity contribution in [1.82, 2.24) is 14.7 Å². The number of alkyl halides is 2. The van der Waals surface area contributed by atoms with Crippen LogP contribution in [0.1, 0.15) is 54.3 Å². The van der Waals surface area contributed by atoms with Gasteiger partial charge in [0.05, 0.1) is 10.0 Å². The number of halogens is 4. The molecule has 0 atom stereocenters. The predicted octanol–water partition coefficient (Wildman–Crippen LogP) is 5.69. The average Bonchev–Trinajstić information content (AvgIpc) is 3.38. The van der Waals surface area contributed by atoms with E-state index in [4.69, 9.17) is 21.1 Å². The second-order valence-corrected chi connectivity index (χ2v) is 10.2. The summed E-state index contributed by atoms with van der Waals surface area (Å²) < 4.78 is 50.4. The Balaban J connectivity index is 0.000000868. The molecule has 0 unspecified atom stereocenters. The summed E-state index contributed by atoms with van der Waals surface area (Å²) in [5, 5.41) is 4.44. The van der Waals surface area contributed by atoms with E-state index in [9.17, 15) is 13.2 Å². The SMILES string of the molecule is CC=O.Cc1nn(C2=C(F)CCC=N2)cc1CN1CCC2(CC1)OCC(F)(F)c1cc(Cl)sc12. The van der Waals surface area contributed by atoms with Crippen LogP contribution in [0.2, 0.25) is 4.34 Å². The molecule has 5 rings (SSSR count). The largest absolute Gasteiger partial charge is 0.363 e. The fraction of sp³-hybridized carbons (Fsp3) is 0.522. The number of hydrogen-bond acceptors (Lipinski definition) is 6. The number of aryl methyl sites for hydroxylation is 1. The highest BCUT2D eigenvalue weighted by atomic mass is 35.5. The van der Waals surface area contributed by atoms with Crippen molar-refractivity contribution in [3.8, 4) is 0 Å². The summed E-state index contributed by atoms with van der Waals surface area (Å²) in [6.45, 7) is 4.77. The molecule has 0 bridgehead atoms. The maximum Gasteiger partial charge on any atom is 0.297 e. The van der Waals surface area contributed by atoms with E-state index in [1.165, 1.54) is 29.0 Å². The van der Waals surface area contributed by atoms with Crippen LogP contribution < -0.4 is 0 Å². The molecule has 0 N–H and O–H groups in total. The van der Waals surface area contributed by atoms with Crippen molar-refractivity contribution >= 4 is 41.3 Å². The van der Waals surface area contributed by atoms with Crippen LogP contribution in [0.3, 0.4) is 0 Å². The Kier molecular flexibility index (Phi) is 7.33. The first kappa shape index (κ1) is 25.1. The molecule has 0 radical (unpaired) electrons. The van der Waals surface area contributed by atoms with Crippen molar-refractivity contribution in [3.63, 3.8) is 0 Å². The van der Waals surface area contributed by atoms with Gasteiger partial charge in [0.15, 0.2) is 5.82 Å². The van der Waals surface area contributed by atoms with Crippen LogP contribution in [0.15, 0.2) is 23.1 Å². The number of thiophene rings is 1. The highest BCUT2D eigenvalue weighted by Gasteiger charge is 2.51. The van der Waals surface area contributed by atoms with Gasteiger partial charge in [-0.1, -0.05) is 11.6 Å². The summed E-state index contributed by atoms with van der Waals surface area (Å²) in [5.41, 5.74) is 1.13. The smallest absolute Gasteiger partial charge is 0.297 e. The Morgan fingerprint density at radius 1 is 1.32 bits per heavy atom. The number of carbonyl (C=O) groups is 1. The van der Waals surface area contributed by atoms with Crippen LogP contribution in [0.5, 0.6) is 0 Å². The number of aldehydes is 1. The topological polar surface area (TPSA) is 59.7 Å². The first-order valence-electron chi connectivity index (χ1n) is 11.1.